The van der Waals surface area contributed by atoms with Gasteiger partial charge >= 0.3 is 0 Å². The molecule has 0 atom stereocenters. The largest absolute Gasteiger partial charge is 0.389 e. The zero-order valence-electron chi connectivity index (χ0n) is 8.48. The van der Waals surface area contributed by atoms with Crippen LogP contribution in [0.4, 0.5) is 0 Å². The molecule has 15 heavy (non-hydrogen) atoms. The minimum Gasteiger partial charge on any atom is -0.389 e. The van der Waals surface area contributed by atoms with Gasteiger partial charge in [0, 0.05) is 12.2 Å². The quantitative estimate of drug-likeness (QED) is 0.773. The number of aromatic nitrogens is 1. The molecule has 1 heterocycles. The van der Waals surface area contributed by atoms with E-state index in [4.69, 9.17) is 18.0 Å². The van der Waals surface area contributed by atoms with Crippen LogP contribution in [-0.2, 0) is 0 Å². The summed E-state index contributed by atoms with van der Waals surface area (Å²) in [6, 6.07) is 3.87. The maximum atomic E-state index is 12.0. The maximum Gasteiger partial charge on any atom is 0.261 e. The molecule has 1 aliphatic carbocycles. The fourth-order valence-corrected chi connectivity index (χ4v) is 2.32. The highest BCUT2D eigenvalue weighted by atomic mass is 32.1. The van der Waals surface area contributed by atoms with Crippen LogP contribution >= 0.6 is 12.2 Å². The molecule has 0 saturated heterocycles. The van der Waals surface area contributed by atoms with E-state index in [-0.39, 0.29) is 10.5 Å². The van der Waals surface area contributed by atoms with Crippen molar-refractivity contribution in [1.29, 1.82) is 0 Å². The zero-order valence-corrected chi connectivity index (χ0v) is 9.30. The molecule has 1 aromatic heterocycles. The molecule has 0 aliphatic heterocycles. The summed E-state index contributed by atoms with van der Waals surface area (Å²) in [4.78, 5) is 12.2. The second kappa shape index (κ2) is 4.14. The van der Waals surface area contributed by atoms with Gasteiger partial charge in [0.2, 0.25) is 0 Å². The lowest BCUT2D eigenvalue weighted by Crippen LogP contribution is -2.30. The normalized spacial score (nSPS) is 16.8. The fourth-order valence-electron chi connectivity index (χ4n) is 2.17. The average Bonchev–Trinajstić information content (AvgIpc) is 2.70. The Morgan fingerprint density at radius 3 is 2.73 bits per heavy atom. The van der Waals surface area contributed by atoms with Crippen molar-refractivity contribution in [2.45, 2.75) is 31.7 Å². The van der Waals surface area contributed by atoms with Crippen molar-refractivity contribution in [3.8, 4) is 0 Å². The molecule has 0 unspecified atom stereocenters. The predicted molar refractivity (Wildman–Crippen MR) is 64.1 cm³/mol. The van der Waals surface area contributed by atoms with Gasteiger partial charge in [-0.1, -0.05) is 25.1 Å². The summed E-state index contributed by atoms with van der Waals surface area (Å²) in [5.41, 5.74) is 5.91. The average molecular weight is 222 g/mol. The second-order valence-corrected chi connectivity index (χ2v) is 4.38. The summed E-state index contributed by atoms with van der Waals surface area (Å²) in [7, 11) is 0. The number of nitrogens with two attached hydrogens (primary N) is 1. The second-order valence-electron chi connectivity index (χ2n) is 3.94. The van der Waals surface area contributed by atoms with Crippen LogP contribution in [0.15, 0.2) is 23.1 Å². The topological polar surface area (TPSA) is 48.0 Å². The first kappa shape index (κ1) is 10.4. The highest BCUT2D eigenvalue weighted by Gasteiger charge is 2.18. The van der Waals surface area contributed by atoms with E-state index in [2.05, 4.69) is 0 Å². The van der Waals surface area contributed by atoms with Crippen molar-refractivity contribution in [2.24, 2.45) is 5.73 Å². The number of hydrogen-bond acceptors (Lipinski definition) is 2. The third kappa shape index (κ3) is 1.95. The Bertz CT molecular complexity index is 432. The van der Waals surface area contributed by atoms with Crippen LogP contribution < -0.4 is 11.3 Å². The van der Waals surface area contributed by atoms with E-state index in [0.717, 1.165) is 12.8 Å². The molecule has 2 N–H and O–H groups in total. The van der Waals surface area contributed by atoms with Crippen LogP contribution in [0.5, 0.6) is 0 Å². The molecule has 1 saturated carbocycles. The standard InChI is InChI=1S/C11H14N2OS/c12-10(15)9-6-3-7-13(11(9)14)8-4-1-2-5-8/h3,6-8H,1-2,4-5H2,(H2,12,15). The Balaban J connectivity index is 2.44. The molecular weight excluding hydrogens is 208 g/mol. The Morgan fingerprint density at radius 2 is 2.13 bits per heavy atom. The van der Waals surface area contributed by atoms with Crippen molar-refractivity contribution in [1.82, 2.24) is 4.57 Å². The van der Waals surface area contributed by atoms with E-state index in [1.165, 1.54) is 12.8 Å². The smallest absolute Gasteiger partial charge is 0.261 e. The first-order valence-electron chi connectivity index (χ1n) is 5.21. The number of rotatable bonds is 2. The van der Waals surface area contributed by atoms with Gasteiger partial charge in [-0.3, -0.25) is 4.79 Å². The van der Waals surface area contributed by atoms with Gasteiger partial charge in [0.1, 0.15) is 4.99 Å². The molecule has 1 aromatic rings. The Hall–Kier alpha value is -1.16. The number of nitrogens with zero attached hydrogens (tertiary/aromatic N) is 1. The predicted octanol–water partition coefficient (Wildman–Crippen LogP) is 1.60. The van der Waals surface area contributed by atoms with Gasteiger partial charge in [-0.2, -0.15) is 0 Å². The number of pyridine rings is 1. The molecule has 3 nitrogen and oxygen atoms in total. The lowest BCUT2D eigenvalue weighted by atomic mass is 10.2. The summed E-state index contributed by atoms with van der Waals surface area (Å²) in [5, 5.41) is 0. The maximum absolute atomic E-state index is 12.0. The first-order valence-corrected chi connectivity index (χ1v) is 5.62. The Labute approximate surface area is 93.9 Å². The first-order chi connectivity index (χ1) is 7.20. The van der Waals surface area contributed by atoms with Crippen LogP contribution in [0, 0.1) is 0 Å². The van der Waals surface area contributed by atoms with Crippen LogP contribution in [0.3, 0.4) is 0 Å². The molecule has 1 fully saturated rings. The van der Waals surface area contributed by atoms with Crippen molar-refractivity contribution >= 4 is 17.2 Å². The van der Waals surface area contributed by atoms with Crippen molar-refractivity contribution < 1.29 is 0 Å². The van der Waals surface area contributed by atoms with E-state index in [9.17, 15) is 4.79 Å². The molecule has 80 valence electrons. The van der Waals surface area contributed by atoms with Gasteiger partial charge in [0.15, 0.2) is 0 Å². The van der Waals surface area contributed by atoms with Gasteiger partial charge < -0.3 is 10.3 Å². The third-order valence-electron chi connectivity index (χ3n) is 2.96. The van der Waals surface area contributed by atoms with E-state index in [1.54, 1.807) is 10.6 Å². The highest BCUT2D eigenvalue weighted by Crippen LogP contribution is 2.27. The summed E-state index contributed by atoms with van der Waals surface area (Å²) < 4.78 is 1.78. The Morgan fingerprint density at radius 1 is 1.47 bits per heavy atom. The van der Waals surface area contributed by atoms with Gasteiger partial charge in [0.05, 0.1) is 5.56 Å². The molecule has 2 rings (SSSR count). The van der Waals surface area contributed by atoms with Crippen LogP contribution in [0.25, 0.3) is 0 Å². The number of hydrogen-bond donors (Lipinski definition) is 1. The number of thiocarbonyl (C=S) groups is 1. The molecule has 0 radical (unpaired) electrons. The summed E-state index contributed by atoms with van der Waals surface area (Å²) in [6.07, 6.45) is 6.41. The SMILES string of the molecule is NC(=S)c1cccn(C2CCCC2)c1=O. The molecule has 0 aromatic carbocycles. The van der Waals surface area contributed by atoms with Gasteiger partial charge in [0.25, 0.3) is 5.56 Å². The summed E-state index contributed by atoms with van der Waals surface area (Å²) in [5.74, 6) is 0. The van der Waals surface area contributed by atoms with Gasteiger partial charge in [-0.15, -0.1) is 0 Å². The molecule has 0 bridgehead atoms. The lowest BCUT2D eigenvalue weighted by molar-refractivity contribution is 0.502. The minimum absolute atomic E-state index is 0.0445. The molecule has 0 spiro atoms. The van der Waals surface area contributed by atoms with Crippen molar-refractivity contribution in [3.05, 3.63) is 34.2 Å². The molecular formula is C11H14N2OS. The zero-order chi connectivity index (χ0) is 10.8. The van der Waals surface area contributed by atoms with E-state index >= 15 is 0 Å². The Kier molecular flexibility index (Phi) is 2.86. The van der Waals surface area contributed by atoms with E-state index < -0.39 is 0 Å². The molecule has 4 heteroatoms. The van der Waals surface area contributed by atoms with Gasteiger partial charge in [-0.05, 0) is 25.0 Å². The molecule has 1 aliphatic rings. The van der Waals surface area contributed by atoms with Crippen LogP contribution in [-0.4, -0.2) is 9.56 Å². The van der Waals surface area contributed by atoms with E-state index in [1.807, 2.05) is 12.3 Å². The lowest BCUT2D eigenvalue weighted by Gasteiger charge is -2.13. The highest BCUT2D eigenvalue weighted by molar-refractivity contribution is 7.80. The minimum atomic E-state index is -0.0445. The summed E-state index contributed by atoms with van der Waals surface area (Å²) in [6.45, 7) is 0. The van der Waals surface area contributed by atoms with E-state index in [0.29, 0.717) is 11.6 Å². The third-order valence-corrected chi connectivity index (χ3v) is 3.18. The molecule has 0 amide bonds. The monoisotopic (exact) mass is 222 g/mol. The van der Waals surface area contributed by atoms with Gasteiger partial charge in [-0.25, -0.2) is 0 Å². The van der Waals surface area contributed by atoms with Crippen LogP contribution in [0.1, 0.15) is 37.3 Å². The van der Waals surface area contributed by atoms with Crippen molar-refractivity contribution in [3.63, 3.8) is 0 Å². The van der Waals surface area contributed by atoms with Crippen LogP contribution in [0.2, 0.25) is 0 Å². The summed E-state index contributed by atoms with van der Waals surface area (Å²) >= 11 is 4.85. The fraction of sp³-hybridized carbons (Fsp3) is 0.455. The van der Waals surface area contributed by atoms with Crippen molar-refractivity contribution in [2.75, 3.05) is 0 Å².